The number of hydrogen-bond acceptors (Lipinski definition) is 4. The van der Waals surface area contributed by atoms with E-state index in [2.05, 4.69) is 20.4 Å². The standard InChI is InChI=1S/C9H11N5O/c1-2-5-8(13-14-9(5)10)6-3-4-7(15)12-11-6/h3-4H,2H2,1H3,(H,12,15)(H3,10,13,14). The summed E-state index contributed by atoms with van der Waals surface area (Å²) in [7, 11) is 0. The summed E-state index contributed by atoms with van der Waals surface area (Å²) < 4.78 is 0. The summed E-state index contributed by atoms with van der Waals surface area (Å²) >= 11 is 0. The number of nitrogens with one attached hydrogen (secondary N) is 2. The third-order valence-electron chi connectivity index (χ3n) is 2.19. The van der Waals surface area contributed by atoms with Gasteiger partial charge in [-0.05, 0) is 12.5 Å². The number of aromatic amines is 2. The van der Waals surface area contributed by atoms with Crippen LogP contribution < -0.4 is 11.3 Å². The van der Waals surface area contributed by atoms with Crippen LogP contribution in [0.25, 0.3) is 11.4 Å². The van der Waals surface area contributed by atoms with Crippen LogP contribution in [0.5, 0.6) is 0 Å². The second-order valence-corrected chi connectivity index (χ2v) is 3.12. The van der Waals surface area contributed by atoms with Gasteiger partial charge in [0, 0.05) is 11.6 Å². The molecule has 0 amide bonds. The Hall–Kier alpha value is -2.11. The van der Waals surface area contributed by atoms with Crippen molar-refractivity contribution in [2.24, 2.45) is 0 Å². The molecule has 0 aliphatic heterocycles. The highest BCUT2D eigenvalue weighted by atomic mass is 16.1. The van der Waals surface area contributed by atoms with E-state index in [1.165, 1.54) is 6.07 Å². The van der Waals surface area contributed by atoms with Gasteiger partial charge in [-0.1, -0.05) is 6.92 Å². The van der Waals surface area contributed by atoms with E-state index in [0.29, 0.717) is 11.5 Å². The Morgan fingerprint density at radius 1 is 1.33 bits per heavy atom. The fourth-order valence-corrected chi connectivity index (χ4v) is 1.43. The highest BCUT2D eigenvalue weighted by Gasteiger charge is 2.11. The molecule has 2 heterocycles. The zero-order chi connectivity index (χ0) is 10.8. The number of anilines is 1. The van der Waals surface area contributed by atoms with Crippen molar-refractivity contribution < 1.29 is 0 Å². The van der Waals surface area contributed by atoms with Gasteiger partial charge in [0.15, 0.2) is 0 Å². The van der Waals surface area contributed by atoms with E-state index >= 15 is 0 Å². The van der Waals surface area contributed by atoms with E-state index in [0.717, 1.165) is 17.7 Å². The molecule has 2 rings (SSSR count). The topological polar surface area (TPSA) is 100 Å². The summed E-state index contributed by atoms with van der Waals surface area (Å²) in [5.41, 5.74) is 7.75. The Labute approximate surface area is 85.5 Å². The average molecular weight is 205 g/mol. The SMILES string of the molecule is CCc1c(N)n[nH]c1-c1ccc(=O)[nH]n1. The van der Waals surface area contributed by atoms with Gasteiger partial charge < -0.3 is 5.73 Å². The number of hydrogen-bond donors (Lipinski definition) is 3. The van der Waals surface area contributed by atoms with E-state index in [4.69, 9.17) is 5.73 Å². The van der Waals surface area contributed by atoms with E-state index in [-0.39, 0.29) is 5.56 Å². The maximum atomic E-state index is 10.8. The van der Waals surface area contributed by atoms with Crippen LogP contribution in [0.15, 0.2) is 16.9 Å². The van der Waals surface area contributed by atoms with Crippen molar-refractivity contribution in [1.82, 2.24) is 20.4 Å². The minimum Gasteiger partial charge on any atom is -0.382 e. The molecule has 0 fully saturated rings. The molecule has 0 aromatic carbocycles. The molecule has 6 heteroatoms. The van der Waals surface area contributed by atoms with E-state index in [9.17, 15) is 4.79 Å². The van der Waals surface area contributed by atoms with E-state index in [1.807, 2.05) is 6.92 Å². The van der Waals surface area contributed by atoms with Crippen LogP contribution in [-0.4, -0.2) is 20.4 Å². The predicted octanol–water partition coefficient (Wildman–Crippen LogP) is 0.305. The molecule has 0 aliphatic carbocycles. The molecular formula is C9H11N5O. The lowest BCUT2D eigenvalue weighted by Crippen LogP contribution is -2.06. The van der Waals surface area contributed by atoms with E-state index < -0.39 is 0 Å². The van der Waals surface area contributed by atoms with Crippen LogP contribution in [0.4, 0.5) is 5.82 Å². The third kappa shape index (κ3) is 1.61. The molecule has 15 heavy (non-hydrogen) atoms. The molecule has 0 radical (unpaired) electrons. The smallest absolute Gasteiger partial charge is 0.264 e. The first-order chi connectivity index (χ1) is 7.22. The van der Waals surface area contributed by atoms with Gasteiger partial charge in [-0.15, -0.1) is 0 Å². The van der Waals surface area contributed by atoms with Crippen molar-refractivity contribution in [3.05, 3.63) is 28.0 Å². The normalized spacial score (nSPS) is 10.5. The largest absolute Gasteiger partial charge is 0.382 e. The molecule has 6 nitrogen and oxygen atoms in total. The highest BCUT2D eigenvalue weighted by Crippen LogP contribution is 2.22. The molecular weight excluding hydrogens is 194 g/mol. The molecule has 0 bridgehead atoms. The van der Waals surface area contributed by atoms with Gasteiger partial charge in [0.1, 0.15) is 11.5 Å². The fourth-order valence-electron chi connectivity index (χ4n) is 1.43. The average Bonchev–Trinajstić information content (AvgIpc) is 2.61. The summed E-state index contributed by atoms with van der Waals surface area (Å²) in [5.74, 6) is 0.473. The Balaban J connectivity index is 2.53. The van der Waals surface area contributed by atoms with Gasteiger partial charge in [0.25, 0.3) is 5.56 Å². The Morgan fingerprint density at radius 3 is 2.73 bits per heavy atom. The third-order valence-corrected chi connectivity index (χ3v) is 2.19. The summed E-state index contributed by atoms with van der Waals surface area (Å²) in [4.78, 5) is 10.8. The first-order valence-corrected chi connectivity index (χ1v) is 4.61. The molecule has 0 saturated carbocycles. The predicted molar refractivity (Wildman–Crippen MR) is 56.2 cm³/mol. The molecule has 4 N–H and O–H groups in total. The minimum absolute atomic E-state index is 0.232. The summed E-state index contributed by atoms with van der Waals surface area (Å²) in [6.45, 7) is 1.98. The minimum atomic E-state index is -0.232. The lowest BCUT2D eigenvalue weighted by molar-refractivity contribution is 0.978. The quantitative estimate of drug-likeness (QED) is 0.656. The number of H-pyrrole nitrogens is 2. The van der Waals surface area contributed by atoms with Crippen LogP contribution in [-0.2, 0) is 6.42 Å². The summed E-state index contributed by atoms with van der Waals surface area (Å²) in [6, 6.07) is 3.05. The number of rotatable bonds is 2. The lowest BCUT2D eigenvalue weighted by atomic mass is 10.1. The molecule has 0 atom stereocenters. The van der Waals surface area contributed by atoms with Crippen molar-refractivity contribution in [3.8, 4) is 11.4 Å². The van der Waals surface area contributed by atoms with E-state index in [1.54, 1.807) is 6.07 Å². The van der Waals surface area contributed by atoms with Crippen LogP contribution >= 0.6 is 0 Å². The van der Waals surface area contributed by atoms with Gasteiger partial charge in [-0.25, -0.2) is 5.10 Å². The number of nitrogens with zero attached hydrogens (tertiary/aromatic N) is 2. The van der Waals surface area contributed by atoms with Gasteiger partial charge in [0.05, 0.1) is 5.69 Å². The Kier molecular flexibility index (Phi) is 2.24. The van der Waals surface area contributed by atoms with Gasteiger partial charge in [-0.3, -0.25) is 9.89 Å². The Bertz CT molecular complexity index is 507. The zero-order valence-corrected chi connectivity index (χ0v) is 8.24. The molecule has 2 aromatic heterocycles. The highest BCUT2D eigenvalue weighted by molar-refractivity contribution is 5.64. The van der Waals surface area contributed by atoms with Gasteiger partial charge in [-0.2, -0.15) is 10.2 Å². The fraction of sp³-hybridized carbons (Fsp3) is 0.222. The molecule has 0 aliphatic rings. The van der Waals surface area contributed by atoms with Crippen molar-refractivity contribution in [1.29, 1.82) is 0 Å². The molecule has 0 unspecified atom stereocenters. The number of aromatic nitrogens is 4. The van der Waals surface area contributed by atoms with Crippen molar-refractivity contribution in [3.63, 3.8) is 0 Å². The molecule has 2 aromatic rings. The second-order valence-electron chi connectivity index (χ2n) is 3.12. The zero-order valence-electron chi connectivity index (χ0n) is 8.24. The lowest BCUT2D eigenvalue weighted by Gasteiger charge is -1.99. The van der Waals surface area contributed by atoms with Crippen LogP contribution in [0.3, 0.4) is 0 Å². The Morgan fingerprint density at radius 2 is 2.13 bits per heavy atom. The van der Waals surface area contributed by atoms with Crippen molar-refractivity contribution >= 4 is 5.82 Å². The number of nitrogens with two attached hydrogens (primary N) is 1. The molecule has 0 saturated heterocycles. The van der Waals surface area contributed by atoms with Gasteiger partial charge >= 0.3 is 0 Å². The monoisotopic (exact) mass is 205 g/mol. The molecule has 0 spiro atoms. The summed E-state index contributed by atoms with van der Waals surface area (Å²) in [6.07, 6.45) is 0.762. The van der Waals surface area contributed by atoms with Crippen molar-refractivity contribution in [2.45, 2.75) is 13.3 Å². The first-order valence-electron chi connectivity index (χ1n) is 4.61. The molecule has 78 valence electrons. The number of nitrogen functional groups attached to an aromatic ring is 1. The van der Waals surface area contributed by atoms with Crippen molar-refractivity contribution in [2.75, 3.05) is 5.73 Å². The maximum absolute atomic E-state index is 10.8. The summed E-state index contributed by atoms with van der Waals surface area (Å²) in [5, 5.41) is 13.0. The van der Waals surface area contributed by atoms with Crippen LogP contribution in [0, 0.1) is 0 Å². The van der Waals surface area contributed by atoms with Gasteiger partial charge in [0.2, 0.25) is 0 Å². The van der Waals surface area contributed by atoms with Crippen LogP contribution in [0.1, 0.15) is 12.5 Å². The van der Waals surface area contributed by atoms with Crippen LogP contribution in [0.2, 0.25) is 0 Å². The maximum Gasteiger partial charge on any atom is 0.264 e. The first kappa shape index (κ1) is 9.45. The second kappa shape index (κ2) is 3.56.